The number of hydrogen-bond acceptors (Lipinski definition) is 9. The Kier molecular flexibility index (Phi) is 7.91. The standard InChI is InChI=1S/C29H27N7O4/c1-3-40-28(38)17-27(37)32-29-22-10-6-4-8-19(22)12-14-23(29)31-21-13-15-25(30-18-21)36-26(33-34-35-36)16-20-9-5-7-11-24(20)39-2/h4-15,18,31H,3,16-17H2,1-2H3,(H,32,37). The fraction of sp³-hybridized carbons (Fsp3) is 0.172. The molecule has 0 aliphatic carbocycles. The van der Waals surface area contributed by atoms with Gasteiger partial charge in [0.05, 0.1) is 37.0 Å². The van der Waals surface area contributed by atoms with Gasteiger partial charge in [-0.05, 0) is 47.0 Å². The second-order valence-electron chi connectivity index (χ2n) is 8.76. The molecule has 0 spiro atoms. The quantitative estimate of drug-likeness (QED) is 0.196. The van der Waals surface area contributed by atoms with E-state index in [1.807, 2.05) is 66.7 Å². The molecule has 1 amide bonds. The predicted octanol–water partition coefficient (Wildman–Crippen LogP) is 4.45. The van der Waals surface area contributed by atoms with Gasteiger partial charge >= 0.3 is 5.97 Å². The van der Waals surface area contributed by atoms with Crippen LogP contribution in [0.15, 0.2) is 79.0 Å². The lowest BCUT2D eigenvalue weighted by Crippen LogP contribution is -2.19. The van der Waals surface area contributed by atoms with Crippen LogP contribution in [0.25, 0.3) is 16.6 Å². The molecule has 40 heavy (non-hydrogen) atoms. The first-order valence-electron chi connectivity index (χ1n) is 12.7. The zero-order chi connectivity index (χ0) is 27.9. The number of pyridine rings is 1. The molecule has 3 aromatic carbocycles. The molecule has 0 aliphatic rings. The van der Waals surface area contributed by atoms with Crippen LogP contribution in [0.4, 0.5) is 17.1 Å². The maximum atomic E-state index is 12.6. The third-order valence-corrected chi connectivity index (χ3v) is 6.12. The summed E-state index contributed by atoms with van der Waals surface area (Å²) in [4.78, 5) is 29.0. The summed E-state index contributed by atoms with van der Waals surface area (Å²) in [7, 11) is 1.63. The number of amides is 1. The zero-order valence-corrected chi connectivity index (χ0v) is 22.0. The highest BCUT2D eigenvalue weighted by Gasteiger charge is 2.16. The molecule has 11 heteroatoms. The fourth-order valence-corrected chi connectivity index (χ4v) is 4.29. The Morgan fingerprint density at radius 2 is 1.80 bits per heavy atom. The minimum atomic E-state index is -0.581. The van der Waals surface area contributed by atoms with Gasteiger partial charge in [-0.2, -0.15) is 4.68 Å². The summed E-state index contributed by atoms with van der Waals surface area (Å²) in [6.07, 6.45) is 1.74. The first kappa shape index (κ1) is 26.3. The number of nitrogens with one attached hydrogen (secondary N) is 2. The zero-order valence-electron chi connectivity index (χ0n) is 22.0. The number of carbonyl (C=O) groups is 2. The summed E-state index contributed by atoms with van der Waals surface area (Å²) < 4.78 is 11.9. The Morgan fingerprint density at radius 3 is 2.60 bits per heavy atom. The van der Waals surface area contributed by atoms with Crippen LogP contribution >= 0.6 is 0 Å². The lowest BCUT2D eigenvalue weighted by atomic mass is 10.1. The van der Waals surface area contributed by atoms with E-state index in [0.29, 0.717) is 35.1 Å². The highest BCUT2D eigenvalue weighted by Crippen LogP contribution is 2.33. The van der Waals surface area contributed by atoms with Gasteiger partial charge in [-0.1, -0.05) is 48.5 Å². The minimum Gasteiger partial charge on any atom is -0.496 e. The lowest BCUT2D eigenvalue weighted by molar-refractivity contribution is -0.145. The Labute approximate surface area is 230 Å². The van der Waals surface area contributed by atoms with E-state index in [4.69, 9.17) is 9.47 Å². The van der Waals surface area contributed by atoms with E-state index in [9.17, 15) is 9.59 Å². The maximum absolute atomic E-state index is 12.6. The van der Waals surface area contributed by atoms with Gasteiger partial charge in [0.2, 0.25) is 5.91 Å². The van der Waals surface area contributed by atoms with Gasteiger partial charge < -0.3 is 20.1 Å². The number of nitrogens with zero attached hydrogens (tertiary/aromatic N) is 5. The van der Waals surface area contributed by atoms with Crippen LogP contribution in [0.1, 0.15) is 24.7 Å². The number of tetrazole rings is 1. The maximum Gasteiger partial charge on any atom is 0.315 e. The van der Waals surface area contributed by atoms with Crippen molar-refractivity contribution in [2.24, 2.45) is 0 Å². The molecular weight excluding hydrogens is 510 g/mol. The molecule has 0 saturated carbocycles. The number of rotatable bonds is 10. The molecule has 2 heterocycles. The van der Waals surface area contributed by atoms with E-state index < -0.39 is 11.9 Å². The first-order valence-corrected chi connectivity index (χ1v) is 12.7. The van der Waals surface area contributed by atoms with E-state index in [1.54, 1.807) is 31.0 Å². The summed E-state index contributed by atoms with van der Waals surface area (Å²) >= 11 is 0. The monoisotopic (exact) mass is 537 g/mol. The third kappa shape index (κ3) is 5.88. The molecule has 0 bridgehead atoms. The highest BCUT2D eigenvalue weighted by atomic mass is 16.5. The van der Waals surface area contributed by atoms with Gasteiger partial charge in [0.1, 0.15) is 12.2 Å². The van der Waals surface area contributed by atoms with Crippen LogP contribution in [-0.2, 0) is 20.7 Å². The number of ether oxygens (including phenoxy) is 2. The fourth-order valence-electron chi connectivity index (χ4n) is 4.29. The number of anilines is 3. The normalized spacial score (nSPS) is 10.8. The van der Waals surface area contributed by atoms with Gasteiger partial charge in [0, 0.05) is 17.4 Å². The molecule has 202 valence electrons. The summed E-state index contributed by atoms with van der Waals surface area (Å²) in [5.74, 6) is 0.862. The number of benzene rings is 3. The summed E-state index contributed by atoms with van der Waals surface area (Å²) in [6.45, 7) is 1.91. The number of hydrogen-bond donors (Lipinski definition) is 2. The van der Waals surface area contributed by atoms with Crippen molar-refractivity contribution in [3.8, 4) is 11.6 Å². The molecule has 0 saturated heterocycles. The van der Waals surface area contributed by atoms with Gasteiger partial charge in [0.25, 0.3) is 0 Å². The second-order valence-corrected chi connectivity index (χ2v) is 8.76. The van der Waals surface area contributed by atoms with Gasteiger partial charge in [-0.15, -0.1) is 5.10 Å². The van der Waals surface area contributed by atoms with Crippen molar-refractivity contribution in [3.63, 3.8) is 0 Å². The van der Waals surface area contributed by atoms with Crippen molar-refractivity contribution in [1.29, 1.82) is 0 Å². The summed E-state index contributed by atoms with van der Waals surface area (Å²) in [5.41, 5.74) is 2.83. The molecule has 0 radical (unpaired) electrons. The molecular formula is C29H27N7O4. The average molecular weight is 538 g/mol. The van der Waals surface area contributed by atoms with Crippen LogP contribution in [0, 0.1) is 0 Å². The molecule has 5 aromatic rings. The topological polar surface area (TPSA) is 133 Å². The van der Waals surface area contributed by atoms with Crippen LogP contribution in [0.3, 0.4) is 0 Å². The predicted molar refractivity (Wildman–Crippen MR) is 150 cm³/mol. The summed E-state index contributed by atoms with van der Waals surface area (Å²) in [6, 6.07) is 22.8. The van der Waals surface area contributed by atoms with Crippen LogP contribution < -0.4 is 15.4 Å². The number of para-hydroxylation sites is 1. The van der Waals surface area contributed by atoms with Crippen molar-refractivity contribution in [1.82, 2.24) is 25.2 Å². The van der Waals surface area contributed by atoms with E-state index in [2.05, 4.69) is 31.1 Å². The highest BCUT2D eigenvalue weighted by molar-refractivity contribution is 6.10. The summed E-state index contributed by atoms with van der Waals surface area (Å²) in [5, 5.41) is 20.1. The number of aromatic nitrogens is 5. The SMILES string of the molecule is CCOC(=O)CC(=O)Nc1c(Nc2ccc(-n3nnnc3Cc3ccccc3OC)nc2)ccc2ccccc12. The Bertz CT molecular complexity index is 1650. The smallest absolute Gasteiger partial charge is 0.315 e. The van der Waals surface area contributed by atoms with Crippen LogP contribution in [0.5, 0.6) is 5.75 Å². The van der Waals surface area contributed by atoms with Crippen molar-refractivity contribution < 1.29 is 19.1 Å². The Hall–Kier alpha value is -5.32. The minimum absolute atomic E-state index is 0.211. The number of methoxy groups -OCH3 is 1. The molecule has 2 aromatic heterocycles. The number of fused-ring (bicyclic) bond motifs is 1. The van der Waals surface area contributed by atoms with Crippen molar-refractivity contribution in [3.05, 3.63) is 90.4 Å². The Balaban J connectivity index is 1.38. The second kappa shape index (κ2) is 12.0. The largest absolute Gasteiger partial charge is 0.496 e. The van der Waals surface area contributed by atoms with Gasteiger partial charge in [0.15, 0.2) is 11.6 Å². The molecule has 0 unspecified atom stereocenters. The van der Waals surface area contributed by atoms with E-state index in [-0.39, 0.29) is 13.0 Å². The molecule has 0 aliphatic heterocycles. The third-order valence-electron chi connectivity index (χ3n) is 6.12. The average Bonchev–Trinajstić information content (AvgIpc) is 3.43. The molecule has 0 fully saturated rings. The number of carbonyl (C=O) groups excluding carboxylic acids is 2. The van der Waals surface area contributed by atoms with E-state index >= 15 is 0 Å². The van der Waals surface area contributed by atoms with Crippen LogP contribution in [-0.4, -0.2) is 50.8 Å². The van der Waals surface area contributed by atoms with Crippen molar-refractivity contribution in [2.75, 3.05) is 24.4 Å². The molecule has 5 rings (SSSR count). The van der Waals surface area contributed by atoms with Crippen LogP contribution in [0.2, 0.25) is 0 Å². The van der Waals surface area contributed by atoms with Crippen molar-refractivity contribution >= 4 is 39.7 Å². The Morgan fingerprint density at radius 1 is 0.975 bits per heavy atom. The van der Waals surface area contributed by atoms with E-state index in [0.717, 1.165) is 22.1 Å². The van der Waals surface area contributed by atoms with Gasteiger partial charge in [-0.25, -0.2) is 4.98 Å². The number of esters is 1. The lowest BCUT2D eigenvalue weighted by Gasteiger charge is -2.16. The van der Waals surface area contributed by atoms with E-state index in [1.165, 1.54) is 0 Å². The first-order chi connectivity index (χ1) is 19.6. The molecule has 0 atom stereocenters. The molecule has 11 nitrogen and oxygen atoms in total. The van der Waals surface area contributed by atoms with Gasteiger partial charge in [-0.3, -0.25) is 9.59 Å². The van der Waals surface area contributed by atoms with Crippen molar-refractivity contribution in [2.45, 2.75) is 19.8 Å². The molecule has 2 N–H and O–H groups in total.